The first-order chi connectivity index (χ1) is 17.7. The summed E-state index contributed by atoms with van der Waals surface area (Å²) in [4.78, 5) is 42.5. The Hall–Kier alpha value is -2.73. The first kappa shape index (κ1) is 27.3. The molecule has 9 nitrogen and oxygen atoms in total. The van der Waals surface area contributed by atoms with Gasteiger partial charge in [0.2, 0.25) is 27.7 Å². The maximum atomic E-state index is 13.1. The lowest BCUT2D eigenvalue weighted by atomic mass is 10.1. The van der Waals surface area contributed by atoms with Gasteiger partial charge in [-0.05, 0) is 49.5 Å². The van der Waals surface area contributed by atoms with E-state index in [0.717, 1.165) is 11.0 Å². The number of nitrogens with one attached hydrogen (secondary N) is 2. The van der Waals surface area contributed by atoms with Crippen LogP contribution in [-0.4, -0.2) is 67.7 Å². The largest absolute Gasteiger partial charge is 0.350 e. The zero-order valence-electron chi connectivity index (χ0n) is 20.1. The van der Waals surface area contributed by atoms with Gasteiger partial charge in [0, 0.05) is 29.9 Å². The second kappa shape index (κ2) is 12.2. The number of thiophene rings is 1. The van der Waals surface area contributed by atoms with Crippen LogP contribution in [0.3, 0.4) is 0 Å². The molecule has 2 atom stereocenters. The SMILES string of the molecule is O=C(NCc1ccccc1)[C@@H]1CCCN1C(=O)CN1CCC[C@H](NS(=O)(=O)C=Cc2ccc(Cl)s2)C1=O. The lowest BCUT2D eigenvalue weighted by Crippen LogP contribution is -2.55. The van der Waals surface area contributed by atoms with Gasteiger partial charge in [-0.25, -0.2) is 8.42 Å². The Balaban J connectivity index is 1.32. The van der Waals surface area contributed by atoms with Crippen molar-refractivity contribution in [1.82, 2.24) is 19.8 Å². The molecule has 0 unspecified atom stereocenters. The highest BCUT2D eigenvalue weighted by molar-refractivity contribution is 7.92. The van der Waals surface area contributed by atoms with Crippen LogP contribution in [-0.2, 0) is 31.0 Å². The van der Waals surface area contributed by atoms with Gasteiger partial charge in [0.1, 0.15) is 12.1 Å². The monoisotopic (exact) mass is 564 g/mol. The number of amides is 3. The first-order valence-corrected chi connectivity index (χ1v) is 14.8. The predicted octanol–water partition coefficient (Wildman–Crippen LogP) is 2.59. The Morgan fingerprint density at radius 2 is 1.84 bits per heavy atom. The summed E-state index contributed by atoms with van der Waals surface area (Å²) in [6.45, 7) is 0.977. The average molecular weight is 565 g/mol. The average Bonchev–Trinajstić information content (AvgIpc) is 3.54. The molecule has 4 rings (SSSR count). The number of benzene rings is 1. The molecule has 1 aromatic heterocycles. The van der Waals surface area contributed by atoms with Crippen molar-refractivity contribution in [3.63, 3.8) is 0 Å². The third kappa shape index (κ3) is 7.41. The number of piperidine rings is 1. The highest BCUT2D eigenvalue weighted by Crippen LogP contribution is 2.23. The van der Waals surface area contributed by atoms with Gasteiger partial charge in [0.05, 0.1) is 10.9 Å². The van der Waals surface area contributed by atoms with Crippen LogP contribution in [0.4, 0.5) is 0 Å². The highest BCUT2D eigenvalue weighted by Gasteiger charge is 2.37. The van der Waals surface area contributed by atoms with Crippen molar-refractivity contribution in [3.8, 4) is 0 Å². The summed E-state index contributed by atoms with van der Waals surface area (Å²) < 4.78 is 28.0. The lowest BCUT2D eigenvalue weighted by molar-refractivity contribution is -0.145. The van der Waals surface area contributed by atoms with Gasteiger partial charge in [0.25, 0.3) is 0 Å². The normalized spacial score (nSPS) is 20.5. The van der Waals surface area contributed by atoms with Crippen LogP contribution in [0, 0.1) is 0 Å². The van der Waals surface area contributed by atoms with Gasteiger partial charge in [-0.2, -0.15) is 4.72 Å². The summed E-state index contributed by atoms with van der Waals surface area (Å²) in [6, 6.07) is 11.4. The zero-order valence-corrected chi connectivity index (χ0v) is 22.5. The van der Waals surface area contributed by atoms with Crippen molar-refractivity contribution in [3.05, 3.63) is 62.6 Å². The number of nitrogens with zero attached hydrogens (tertiary/aromatic N) is 2. The number of carbonyl (C=O) groups is 3. The molecule has 12 heteroatoms. The minimum absolute atomic E-state index is 0.191. The van der Waals surface area contributed by atoms with E-state index < -0.39 is 28.0 Å². The molecule has 1 aromatic carbocycles. The maximum Gasteiger partial charge on any atom is 0.243 e. The van der Waals surface area contributed by atoms with E-state index in [-0.39, 0.29) is 18.4 Å². The van der Waals surface area contributed by atoms with Crippen LogP contribution in [0.5, 0.6) is 0 Å². The van der Waals surface area contributed by atoms with E-state index in [1.165, 1.54) is 27.2 Å². The van der Waals surface area contributed by atoms with Gasteiger partial charge in [-0.3, -0.25) is 14.4 Å². The van der Waals surface area contributed by atoms with Crippen molar-refractivity contribution < 1.29 is 22.8 Å². The van der Waals surface area contributed by atoms with E-state index in [1.807, 2.05) is 30.3 Å². The maximum absolute atomic E-state index is 13.1. The Labute approximate surface area is 225 Å². The van der Waals surface area contributed by atoms with E-state index in [2.05, 4.69) is 10.0 Å². The third-order valence-corrected chi connectivity index (χ3v) is 8.66. The molecule has 0 bridgehead atoms. The minimum Gasteiger partial charge on any atom is -0.350 e. The Kier molecular flexibility index (Phi) is 9.01. The van der Waals surface area contributed by atoms with Crippen LogP contribution >= 0.6 is 22.9 Å². The topological polar surface area (TPSA) is 116 Å². The van der Waals surface area contributed by atoms with Gasteiger partial charge in [0.15, 0.2) is 0 Å². The lowest BCUT2D eigenvalue weighted by Gasteiger charge is -2.33. The van der Waals surface area contributed by atoms with Crippen LogP contribution in [0.25, 0.3) is 6.08 Å². The van der Waals surface area contributed by atoms with Gasteiger partial charge in [-0.15, -0.1) is 11.3 Å². The molecule has 0 aliphatic carbocycles. The van der Waals surface area contributed by atoms with Crippen molar-refractivity contribution in [2.24, 2.45) is 0 Å². The first-order valence-electron chi connectivity index (χ1n) is 12.1. The Bertz CT molecular complexity index is 1260. The molecular formula is C25H29ClN4O5S2. The molecule has 2 saturated heterocycles. The third-order valence-electron chi connectivity index (χ3n) is 6.35. The number of hydrogen-bond acceptors (Lipinski definition) is 6. The summed E-state index contributed by atoms with van der Waals surface area (Å²) in [6.07, 6.45) is 3.58. The molecule has 0 saturated carbocycles. The zero-order chi connectivity index (χ0) is 26.4. The second-order valence-electron chi connectivity index (χ2n) is 9.01. The minimum atomic E-state index is -3.88. The van der Waals surface area contributed by atoms with E-state index in [1.54, 1.807) is 12.1 Å². The number of likely N-dealkylation sites (tertiary alicyclic amines) is 2. The molecule has 198 valence electrons. The van der Waals surface area contributed by atoms with Gasteiger partial charge in [-0.1, -0.05) is 41.9 Å². The van der Waals surface area contributed by atoms with E-state index in [4.69, 9.17) is 11.6 Å². The molecule has 3 amide bonds. The molecule has 2 aliphatic heterocycles. The number of hydrogen-bond donors (Lipinski definition) is 2. The Morgan fingerprint density at radius 1 is 1.08 bits per heavy atom. The van der Waals surface area contributed by atoms with E-state index >= 15 is 0 Å². The summed E-state index contributed by atoms with van der Waals surface area (Å²) in [5.74, 6) is -0.979. The summed E-state index contributed by atoms with van der Waals surface area (Å²) >= 11 is 7.11. The van der Waals surface area contributed by atoms with Crippen molar-refractivity contribution >= 4 is 56.8 Å². The molecule has 2 N–H and O–H groups in total. The van der Waals surface area contributed by atoms with Crippen molar-refractivity contribution in [2.45, 2.75) is 44.3 Å². The van der Waals surface area contributed by atoms with Gasteiger partial charge < -0.3 is 15.1 Å². The van der Waals surface area contributed by atoms with E-state index in [0.29, 0.717) is 54.5 Å². The molecular weight excluding hydrogens is 536 g/mol. The fourth-order valence-electron chi connectivity index (χ4n) is 4.51. The fraction of sp³-hybridized carbons (Fsp3) is 0.400. The number of carbonyl (C=O) groups excluding carboxylic acids is 3. The quantitative estimate of drug-likeness (QED) is 0.486. The summed E-state index contributed by atoms with van der Waals surface area (Å²) in [5, 5.41) is 3.90. The van der Waals surface area contributed by atoms with Crippen molar-refractivity contribution in [1.29, 1.82) is 0 Å². The van der Waals surface area contributed by atoms with Crippen molar-refractivity contribution in [2.75, 3.05) is 19.6 Å². The van der Waals surface area contributed by atoms with Crippen LogP contribution in [0.2, 0.25) is 4.34 Å². The van der Waals surface area contributed by atoms with Crippen LogP contribution in [0.15, 0.2) is 47.9 Å². The molecule has 0 spiro atoms. The molecule has 2 aromatic rings. The second-order valence-corrected chi connectivity index (χ2v) is 12.4. The fourth-order valence-corrected chi connectivity index (χ4v) is 6.58. The number of halogens is 1. The van der Waals surface area contributed by atoms with E-state index in [9.17, 15) is 22.8 Å². The van der Waals surface area contributed by atoms with Crippen LogP contribution < -0.4 is 10.0 Å². The molecule has 2 aliphatic rings. The smallest absolute Gasteiger partial charge is 0.243 e. The number of rotatable bonds is 9. The highest BCUT2D eigenvalue weighted by atomic mass is 35.5. The summed E-state index contributed by atoms with van der Waals surface area (Å²) in [7, 11) is -3.88. The predicted molar refractivity (Wildman–Crippen MR) is 143 cm³/mol. The van der Waals surface area contributed by atoms with Crippen LogP contribution in [0.1, 0.15) is 36.1 Å². The number of sulfonamides is 1. The molecule has 37 heavy (non-hydrogen) atoms. The molecule has 2 fully saturated rings. The standard InChI is InChI=1S/C25H29ClN4O5S2/c26-22-11-10-19(36-22)12-15-37(34,35)28-20-8-4-13-29(25(20)33)17-23(31)30-14-5-9-21(30)24(32)27-16-18-6-2-1-3-7-18/h1-3,6-7,10-12,15,20-21,28H,4-5,8-9,13-14,16-17H2,(H,27,32)/t20-,21-/m0/s1. The molecule has 0 radical (unpaired) electrons. The summed E-state index contributed by atoms with van der Waals surface area (Å²) in [5.41, 5.74) is 0.966. The Morgan fingerprint density at radius 3 is 2.57 bits per heavy atom. The molecule has 3 heterocycles. The van der Waals surface area contributed by atoms with Gasteiger partial charge >= 0.3 is 0 Å².